The molecule has 1 amide bonds. The molecule has 1 N–H and O–H groups in total. The number of benzene rings is 3. The Labute approximate surface area is 183 Å². The van der Waals surface area contributed by atoms with Gasteiger partial charge < -0.3 is 15.0 Å². The van der Waals surface area contributed by atoms with Gasteiger partial charge >= 0.3 is 0 Å². The second kappa shape index (κ2) is 10.3. The average Bonchev–Trinajstić information content (AvgIpc) is 2.77. The second-order valence-corrected chi connectivity index (χ2v) is 7.82. The van der Waals surface area contributed by atoms with E-state index in [-0.39, 0.29) is 11.9 Å². The molecule has 0 aromatic heterocycles. The summed E-state index contributed by atoms with van der Waals surface area (Å²) >= 11 is 6.00. The van der Waals surface area contributed by atoms with Crippen LogP contribution in [0.2, 0.25) is 5.02 Å². The van der Waals surface area contributed by atoms with Gasteiger partial charge in [0.25, 0.3) is 5.91 Å². The molecule has 0 saturated heterocycles. The van der Waals surface area contributed by atoms with E-state index in [1.165, 1.54) is 5.56 Å². The molecule has 0 heterocycles. The van der Waals surface area contributed by atoms with Gasteiger partial charge in [-0.2, -0.15) is 0 Å². The number of carbonyl (C=O) groups excluding carboxylic acids is 1. The number of amides is 1. The third kappa shape index (κ3) is 5.62. The third-order valence-electron chi connectivity index (χ3n) is 5.13. The molecule has 0 saturated carbocycles. The number of nitrogens with zero attached hydrogens (tertiary/aromatic N) is 1. The molecule has 0 aliphatic carbocycles. The zero-order chi connectivity index (χ0) is 21.5. The van der Waals surface area contributed by atoms with Crippen molar-refractivity contribution in [3.05, 3.63) is 88.9 Å². The maximum Gasteiger partial charge on any atom is 0.251 e. The Hall–Kier alpha value is -2.82. The van der Waals surface area contributed by atoms with Crippen LogP contribution >= 0.6 is 11.6 Å². The molecule has 0 spiro atoms. The summed E-state index contributed by atoms with van der Waals surface area (Å²) in [4.78, 5) is 14.9. The lowest BCUT2D eigenvalue weighted by Crippen LogP contribution is -2.29. The van der Waals surface area contributed by atoms with Gasteiger partial charge in [0.2, 0.25) is 0 Å². The fraction of sp³-hybridized carbons (Fsp3) is 0.240. The maximum atomic E-state index is 12.7. The smallest absolute Gasteiger partial charge is 0.251 e. The van der Waals surface area contributed by atoms with E-state index in [2.05, 4.69) is 10.2 Å². The maximum absolute atomic E-state index is 12.7. The van der Waals surface area contributed by atoms with Crippen molar-refractivity contribution in [1.82, 2.24) is 10.2 Å². The number of halogens is 1. The van der Waals surface area contributed by atoms with Gasteiger partial charge in [0.15, 0.2) is 0 Å². The number of nitrogens with one attached hydrogen (secondary N) is 1. The highest BCUT2D eigenvalue weighted by Gasteiger charge is 2.15. The predicted molar refractivity (Wildman–Crippen MR) is 123 cm³/mol. The Morgan fingerprint density at radius 1 is 1.00 bits per heavy atom. The van der Waals surface area contributed by atoms with Crippen molar-refractivity contribution in [1.29, 1.82) is 0 Å². The molecule has 0 aliphatic rings. The van der Waals surface area contributed by atoms with Gasteiger partial charge in [-0.15, -0.1) is 0 Å². The molecular formula is C25H27ClN2O2. The molecule has 3 aromatic rings. The molecule has 1 atom stereocenters. The fourth-order valence-electron chi connectivity index (χ4n) is 3.46. The summed E-state index contributed by atoms with van der Waals surface area (Å²) in [6.07, 6.45) is 0.804. The predicted octanol–water partition coefficient (Wildman–Crippen LogP) is 5.44. The number of hydrogen-bond acceptors (Lipinski definition) is 3. The Balaban J connectivity index is 1.63. The summed E-state index contributed by atoms with van der Waals surface area (Å²) in [7, 11) is 5.73. The van der Waals surface area contributed by atoms with Crippen LogP contribution in [-0.4, -0.2) is 38.6 Å². The van der Waals surface area contributed by atoms with Gasteiger partial charge in [-0.25, -0.2) is 0 Å². The second-order valence-electron chi connectivity index (χ2n) is 7.38. The van der Waals surface area contributed by atoms with E-state index in [0.29, 0.717) is 12.1 Å². The first-order valence-electron chi connectivity index (χ1n) is 9.92. The summed E-state index contributed by atoms with van der Waals surface area (Å²) in [5, 5.41) is 3.77. The normalized spacial score (nSPS) is 11.9. The number of ether oxygens (including phenoxy) is 1. The van der Waals surface area contributed by atoms with Gasteiger partial charge in [0.05, 0.1) is 7.11 Å². The van der Waals surface area contributed by atoms with Crippen LogP contribution in [0.25, 0.3) is 11.1 Å². The lowest BCUT2D eigenvalue weighted by Gasteiger charge is -2.25. The summed E-state index contributed by atoms with van der Waals surface area (Å²) in [5.41, 5.74) is 3.87. The van der Waals surface area contributed by atoms with Crippen molar-refractivity contribution in [2.45, 2.75) is 12.5 Å². The van der Waals surface area contributed by atoms with Crippen LogP contribution in [0.3, 0.4) is 0 Å². The lowest BCUT2D eigenvalue weighted by molar-refractivity contribution is 0.0949. The topological polar surface area (TPSA) is 41.6 Å². The van der Waals surface area contributed by atoms with Gasteiger partial charge in [-0.05, 0) is 73.6 Å². The molecular weight excluding hydrogens is 396 g/mol. The molecule has 1 unspecified atom stereocenters. The highest BCUT2D eigenvalue weighted by molar-refractivity contribution is 6.30. The van der Waals surface area contributed by atoms with Crippen molar-refractivity contribution >= 4 is 17.5 Å². The molecule has 4 nitrogen and oxygen atoms in total. The van der Waals surface area contributed by atoms with Crippen LogP contribution in [0.1, 0.15) is 28.4 Å². The minimum atomic E-state index is -0.0704. The van der Waals surface area contributed by atoms with Crippen LogP contribution in [-0.2, 0) is 0 Å². The van der Waals surface area contributed by atoms with Crippen LogP contribution in [0, 0.1) is 0 Å². The summed E-state index contributed by atoms with van der Waals surface area (Å²) in [6, 6.07) is 23.5. The van der Waals surface area contributed by atoms with E-state index >= 15 is 0 Å². The van der Waals surface area contributed by atoms with Crippen molar-refractivity contribution in [2.24, 2.45) is 0 Å². The van der Waals surface area contributed by atoms with Crippen molar-refractivity contribution < 1.29 is 9.53 Å². The Kier molecular flexibility index (Phi) is 7.50. The van der Waals surface area contributed by atoms with E-state index < -0.39 is 0 Å². The van der Waals surface area contributed by atoms with Gasteiger partial charge in [0, 0.05) is 23.2 Å². The minimum Gasteiger partial charge on any atom is -0.497 e. The molecule has 5 heteroatoms. The lowest BCUT2D eigenvalue weighted by atomic mass is 10.0. The third-order valence-corrected chi connectivity index (χ3v) is 5.38. The first-order chi connectivity index (χ1) is 14.5. The number of carbonyl (C=O) groups is 1. The van der Waals surface area contributed by atoms with Crippen molar-refractivity contribution in [3.63, 3.8) is 0 Å². The average molecular weight is 423 g/mol. The molecule has 0 bridgehead atoms. The molecule has 3 aromatic carbocycles. The first kappa shape index (κ1) is 21.9. The SMILES string of the molecule is COc1ccc(-c2cccc(C(=O)NCCC(c3ccc(Cl)cc3)N(C)C)c2)cc1. The molecule has 30 heavy (non-hydrogen) atoms. The summed E-state index contributed by atoms with van der Waals surface area (Å²) in [5.74, 6) is 0.739. The monoisotopic (exact) mass is 422 g/mol. The van der Waals surface area contributed by atoms with E-state index in [1.54, 1.807) is 7.11 Å². The highest BCUT2D eigenvalue weighted by atomic mass is 35.5. The fourth-order valence-corrected chi connectivity index (χ4v) is 3.58. The first-order valence-corrected chi connectivity index (χ1v) is 10.3. The van der Waals surface area contributed by atoms with E-state index in [4.69, 9.17) is 16.3 Å². The van der Waals surface area contributed by atoms with E-state index in [0.717, 1.165) is 28.3 Å². The van der Waals surface area contributed by atoms with Crippen LogP contribution < -0.4 is 10.1 Å². The molecule has 156 valence electrons. The van der Waals surface area contributed by atoms with Gasteiger partial charge in [0.1, 0.15) is 5.75 Å². The zero-order valence-corrected chi connectivity index (χ0v) is 18.3. The number of methoxy groups -OCH3 is 1. The number of hydrogen-bond donors (Lipinski definition) is 1. The van der Waals surface area contributed by atoms with Gasteiger partial charge in [-0.1, -0.05) is 48.0 Å². The summed E-state index contributed by atoms with van der Waals surface area (Å²) < 4.78 is 5.21. The van der Waals surface area contributed by atoms with E-state index in [9.17, 15) is 4.79 Å². The van der Waals surface area contributed by atoms with Crippen molar-refractivity contribution in [3.8, 4) is 16.9 Å². The molecule has 0 radical (unpaired) electrons. The van der Waals surface area contributed by atoms with Crippen molar-refractivity contribution in [2.75, 3.05) is 27.7 Å². The van der Waals surface area contributed by atoms with Gasteiger partial charge in [-0.3, -0.25) is 4.79 Å². The standard InChI is InChI=1S/C25H27ClN2O2/c1-28(2)24(19-7-11-22(26)12-8-19)15-16-27-25(29)21-6-4-5-20(17-21)18-9-13-23(30-3)14-10-18/h4-14,17,24H,15-16H2,1-3H3,(H,27,29). The molecule has 0 aliphatic heterocycles. The number of rotatable bonds is 8. The summed E-state index contributed by atoms with van der Waals surface area (Å²) in [6.45, 7) is 0.580. The Bertz CT molecular complexity index is 969. The largest absolute Gasteiger partial charge is 0.497 e. The zero-order valence-electron chi connectivity index (χ0n) is 17.6. The Morgan fingerprint density at radius 3 is 2.33 bits per heavy atom. The van der Waals surface area contributed by atoms with Crippen LogP contribution in [0.4, 0.5) is 0 Å². The highest BCUT2D eigenvalue weighted by Crippen LogP contribution is 2.24. The van der Waals surface area contributed by atoms with Crippen LogP contribution in [0.15, 0.2) is 72.8 Å². The molecule has 0 fully saturated rings. The van der Waals surface area contributed by atoms with Crippen LogP contribution in [0.5, 0.6) is 5.75 Å². The Morgan fingerprint density at radius 2 is 1.70 bits per heavy atom. The molecule has 3 rings (SSSR count). The van der Waals surface area contributed by atoms with E-state index in [1.807, 2.05) is 86.9 Å². The minimum absolute atomic E-state index is 0.0704. The quantitative estimate of drug-likeness (QED) is 0.525.